The van der Waals surface area contributed by atoms with Gasteiger partial charge in [0.25, 0.3) is 23.7 Å². The monoisotopic (exact) mass is 2000 g/mol. The Bertz CT molecular complexity index is 4050. The number of hydrogen-bond acceptors (Lipinski definition) is 19. The molecule has 24 fully saturated rings. The van der Waals surface area contributed by atoms with Gasteiger partial charge in [-0.3, -0.25) is 14.4 Å². The van der Waals surface area contributed by atoms with Crippen molar-refractivity contribution in [3.63, 3.8) is 0 Å². The predicted molar refractivity (Wildman–Crippen MR) is 506 cm³/mol. The third-order valence-corrected chi connectivity index (χ3v) is 37.5. The van der Waals surface area contributed by atoms with Crippen LogP contribution in [-0.2, 0) is 52.3 Å². The van der Waals surface area contributed by atoms with Gasteiger partial charge in [0, 0.05) is 47.3 Å². The number of alkyl halides is 10. The largest absolute Gasteiger partial charge is 0.469 e. The average molecular weight is 2000 g/mol. The maximum Gasteiger partial charge on any atom is 0.360 e. The summed E-state index contributed by atoms with van der Waals surface area (Å²) < 4.78 is 185. The maximum absolute atomic E-state index is 14.7. The summed E-state index contributed by atoms with van der Waals surface area (Å²) in [6, 6.07) is 0. The predicted octanol–water partition coefficient (Wildman–Crippen LogP) is 22.0. The molecule has 24 saturated carbocycles. The van der Waals surface area contributed by atoms with Crippen LogP contribution in [0.4, 0.5) is 43.9 Å². The highest BCUT2D eigenvalue weighted by Gasteiger charge is 2.66. The standard InChI is InChI=1S/C30H44F2O7.2C19H32F2O3.2C18H30F2O2.C6H12O2/c1-25(2,3)30(31,32)38-15-22(39-24(34)27-8-20-5-21(9-27)13-29(36,12-20)17-27)14-37-23(33)26-6-18-4-19(7-26)11-28(35,10-18)16-26;1-16(2,3)19(20,21)9-15(22)10-24-12-17-5-13-4-14(6-17)8-18(23,7-13)11-17;1-17(2,3)19(20,21)9-15(22)10-24-11-18-6-12-4-13(7-18)16(23)14(5-12)8-18;1-15(2,3)18(19,20)4-5-22-12-16-7-13-6-14(8-16)10-17(21,9-13)11-16;1-16(2,3)18(19,20)4-5-22-11-17-8-12-6-13(9-17)15(21)14(7-12)10-17;1-6(2,3)5(7)8-4/h18-22,35-36H,4-17H2,1-3H3;13-15,22-23H,4-12H2,1-3H3;12-16,22-23H,4-11H2,1-3H3;13-14,21H,4-12H2,1-3H3;12-15,21H,4-11H2,1-3H3;1-4H3. The number of carbonyl (C=O) groups excluding carboxylic acids is 3. The van der Waals surface area contributed by atoms with Crippen LogP contribution < -0.4 is 0 Å². The lowest BCUT2D eigenvalue weighted by Gasteiger charge is -2.60. The van der Waals surface area contributed by atoms with Crippen LogP contribution in [0, 0.1) is 148 Å². The Hall–Kier alpha value is -2.81. The lowest BCUT2D eigenvalue weighted by atomic mass is 9.48. The van der Waals surface area contributed by atoms with E-state index in [9.17, 15) is 99.1 Å². The Morgan fingerprint density at radius 1 is 0.331 bits per heavy atom. The molecular weight excluding hydrogens is 1820 g/mol. The van der Waals surface area contributed by atoms with Crippen molar-refractivity contribution in [1.82, 2.24) is 0 Å². The number of halogens is 10. The Morgan fingerprint density at radius 2 is 0.619 bits per heavy atom. The summed E-state index contributed by atoms with van der Waals surface area (Å²) in [7, 11) is 1.40. The maximum atomic E-state index is 14.7. The van der Waals surface area contributed by atoms with Crippen molar-refractivity contribution in [3.8, 4) is 0 Å². The minimum absolute atomic E-state index is 0.00883. The fourth-order valence-electron chi connectivity index (χ4n) is 32.0. The molecule has 0 radical (unpaired) electrons. The quantitative estimate of drug-likeness (QED) is 0.0144. The molecule has 24 rings (SSSR count). The highest BCUT2D eigenvalue weighted by molar-refractivity contribution is 5.79. The van der Waals surface area contributed by atoms with E-state index in [1.54, 1.807) is 41.5 Å². The normalized spacial score (nSPS) is 40.1. The first kappa shape index (κ1) is 113. The second-order valence-corrected chi connectivity index (χ2v) is 56.8. The second kappa shape index (κ2) is 40.5. The molecule has 0 aromatic heterocycles. The van der Waals surface area contributed by atoms with Crippen molar-refractivity contribution in [2.75, 3.05) is 73.2 Å². The molecule has 0 spiro atoms. The van der Waals surface area contributed by atoms with E-state index in [4.69, 9.17) is 33.2 Å². The Labute approximate surface area is 823 Å². The zero-order chi connectivity index (χ0) is 103. The van der Waals surface area contributed by atoms with Crippen molar-refractivity contribution in [1.29, 1.82) is 0 Å². The highest BCUT2D eigenvalue weighted by atomic mass is 19.3. The second-order valence-electron chi connectivity index (χ2n) is 56.8. The zero-order valence-corrected chi connectivity index (χ0v) is 87.8. The molecule has 15 atom stereocenters. The van der Waals surface area contributed by atoms with E-state index in [0.29, 0.717) is 144 Å². The molecule has 19 nitrogen and oxygen atoms in total. The summed E-state index contributed by atoms with van der Waals surface area (Å²) in [5, 5.41) is 84.0. The van der Waals surface area contributed by atoms with E-state index < -0.39 is 140 Å². The number of carbonyl (C=O) groups is 3. The molecule has 0 amide bonds. The molecule has 0 aliphatic heterocycles. The molecule has 29 heteroatoms. The fraction of sp³-hybridized carbons (Fsp3) is 0.973. The summed E-state index contributed by atoms with van der Waals surface area (Å²) in [5.41, 5.74) is -10.3. The van der Waals surface area contributed by atoms with Crippen molar-refractivity contribution in [2.24, 2.45) is 148 Å². The lowest BCUT2D eigenvalue weighted by molar-refractivity contribution is -0.304. The van der Waals surface area contributed by atoms with Gasteiger partial charge in [-0.1, -0.05) is 104 Å². The van der Waals surface area contributed by atoms with Crippen LogP contribution in [0.25, 0.3) is 0 Å². The topological polar surface area (TPSA) is 287 Å². The zero-order valence-electron chi connectivity index (χ0n) is 87.8. The van der Waals surface area contributed by atoms with Crippen LogP contribution in [0.5, 0.6) is 0 Å². The van der Waals surface area contributed by atoms with E-state index >= 15 is 0 Å². The van der Waals surface area contributed by atoms with Gasteiger partial charge >= 0.3 is 24.0 Å². The van der Waals surface area contributed by atoms with Crippen LogP contribution in [0.3, 0.4) is 0 Å². The van der Waals surface area contributed by atoms with Gasteiger partial charge in [0.15, 0.2) is 6.10 Å². The lowest BCUT2D eigenvalue weighted by Crippen LogP contribution is -2.59. The molecule has 804 valence electrons. The Balaban J connectivity index is 0.000000146. The van der Waals surface area contributed by atoms with Crippen molar-refractivity contribution in [3.05, 3.63) is 0 Å². The number of esters is 3. The summed E-state index contributed by atoms with van der Waals surface area (Å²) >= 11 is 0. The van der Waals surface area contributed by atoms with E-state index in [1.807, 2.05) is 20.8 Å². The highest BCUT2D eigenvalue weighted by Crippen LogP contribution is 2.68. The van der Waals surface area contributed by atoms with Gasteiger partial charge in [0.2, 0.25) is 0 Å². The van der Waals surface area contributed by atoms with E-state index in [1.165, 1.54) is 88.7 Å². The molecule has 8 N–H and O–H groups in total. The van der Waals surface area contributed by atoms with Crippen LogP contribution in [0.15, 0.2) is 0 Å². The molecule has 15 unspecified atom stereocenters. The summed E-state index contributed by atoms with van der Waals surface area (Å²) in [4.78, 5) is 37.7. The van der Waals surface area contributed by atoms with Gasteiger partial charge in [0.05, 0.1) is 135 Å². The molecule has 24 bridgehead atoms. The van der Waals surface area contributed by atoms with Gasteiger partial charge < -0.3 is 78.7 Å². The van der Waals surface area contributed by atoms with E-state index in [2.05, 4.69) is 4.74 Å². The van der Waals surface area contributed by atoms with Crippen LogP contribution in [0.2, 0.25) is 0 Å². The molecule has 139 heavy (non-hydrogen) atoms. The van der Waals surface area contributed by atoms with E-state index in [-0.39, 0.29) is 115 Å². The molecule has 24 aliphatic carbocycles. The van der Waals surface area contributed by atoms with Crippen LogP contribution in [0.1, 0.15) is 369 Å². The third kappa shape index (κ3) is 26.4. The molecule has 24 aliphatic rings. The van der Waals surface area contributed by atoms with Gasteiger partial charge in [-0.2, -0.15) is 8.78 Å². The first-order valence-electron chi connectivity index (χ1n) is 53.5. The van der Waals surface area contributed by atoms with Gasteiger partial charge in [-0.25, -0.2) is 35.1 Å². The number of hydrogen-bond donors (Lipinski definition) is 8. The fourth-order valence-corrected chi connectivity index (χ4v) is 32.0. The number of methoxy groups -OCH3 is 1. The van der Waals surface area contributed by atoms with Gasteiger partial charge in [-0.05, 0) is 344 Å². The number of aliphatic hydroxyl groups excluding tert-OH is 4. The van der Waals surface area contributed by atoms with Crippen molar-refractivity contribution < 1.29 is 137 Å². The van der Waals surface area contributed by atoms with Crippen molar-refractivity contribution >= 4 is 17.9 Å². The summed E-state index contributed by atoms with van der Waals surface area (Å²) in [6.07, 6.45) is 22.2. The van der Waals surface area contributed by atoms with E-state index in [0.717, 1.165) is 141 Å². The first-order valence-corrected chi connectivity index (χ1v) is 53.5. The summed E-state index contributed by atoms with van der Waals surface area (Å²) in [5.74, 6) is -5.87. The third-order valence-electron chi connectivity index (χ3n) is 37.5. The SMILES string of the molecule is CC(C)(C)C(F)(F)CC(O)COCC12CC3CC(C1)C(O)C(C3)C2.CC(C)(C)C(F)(F)CC(O)COCC12CC3CC(CC(O)(C3)C1)C2.CC(C)(C)C(F)(F)CCOCC12CC3CC(C1)C(O)C(C3)C2.CC(C)(C)C(F)(F)CCOCC12CC3CC(CC(O)(C3)C1)C2.CC(C)(C)C(F)(F)OCC(COC(=O)C12CC3CC(CC(O)(C3)C1)C2)OC(=O)C12CC3CC(CC(O)(C3)C1)C2.COC(=O)C(C)(C)C. The number of rotatable bonds is 30. The molecule has 0 heterocycles. The summed E-state index contributed by atoms with van der Waals surface area (Å²) in [6.45, 7) is 29.2. The molecule has 0 aromatic carbocycles. The molecular formula is C110H180F10O19. The van der Waals surface area contributed by atoms with Crippen molar-refractivity contribution in [2.45, 2.75) is 451 Å². The smallest absolute Gasteiger partial charge is 0.360 e. The minimum Gasteiger partial charge on any atom is -0.469 e. The molecule has 0 saturated heterocycles. The number of aliphatic hydroxyl groups is 8. The minimum atomic E-state index is -3.49. The van der Waals surface area contributed by atoms with Gasteiger partial charge in [0.1, 0.15) is 6.61 Å². The Kier molecular flexibility index (Phi) is 33.0. The van der Waals surface area contributed by atoms with Gasteiger partial charge in [-0.15, -0.1) is 0 Å². The van der Waals surface area contributed by atoms with Crippen LogP contribution >= 0.6 is 0 Å². The Morgan fingerprint density at radius 3 is 0.906 bits per heavy atom. The average Bonchev–Trinajstić information content (AvgIpc) is 0.712. The molecule has 0 aromatic rings. The first-order chi connectivity index (χ1) is 63.6. The van der Waals surface area contributed by atoms with Crippen LogP contribution in [-0.4, -0.2) is 215 Å². The number of ether oxygens (including phenoxy) is 8.